The molecule has 0 bridgehead atoms. The predicted molar refractivity (Wildman–Crippen MR) is 387 cm³/mol. The molecule has 0 spiro atoms. The van der Waals surface area contributed by atoms with Gasteiger partial charge in [0.15, 0.2) is 18.3 Å². The van der Waals surface area contributed by atoms with E-state index in [2.05, 4.69) is 27.7 Å². The zero-order chi connectivity index (χ0) is 65.7. The first kappa shape index (κ1) is 86.9. The summed E-state index contributed by atoms with van der Waals surface area (Å²) in [5.41, 5.74) is 0. The SMILES string of the molecule is CCCCCCCCCCCCCCCCCCC(=O)OC[C@H]1OC[C@H](OC(=O)CCCCCCCCCCCCCCCCCC)[C@@H](OC(=O)CCCCCCCCCCCCCCCCCC)[C@@H]1OC(=O)CCCCCCCCCCCCCCCCCC. The molecule has 91 heavy (non-hydrogen) atoms. The first-order valence-corrected chi connectivity index (χ1v) is 41.2. The van der Waals surface area contributed by atoms with E-state index in [1.54, 1.807) is 0 Å². The first-order chi connectivity index (χ1) is 44.9. The lowest BCUT2D eigenvalue weighted by Crippen LogP contribution is -2.59. The molecular weight excluding hydrogens is 1130 g/mol. The largest absolute Gasteiger partial charge is 0.463 e. The van der Waals surface area contributed by atoms with Gasteiger partial charge in [-0.25, -0.2) is 0 Å². The molecule has 0 aromatic heterocycles. The van der Waals surface area contributed by atoms with Crippen LogP contribution >= 0.6 is 0 Å². The van der Waals surface area contributed by atoms with E-state index in [0.717, 1.165) is 64.2 Å². The second kappa shape index (κ2) is 70.6. The topological polar surface area (TPSA) is 114 Å². The van der Waals surface area contributed by atoms with Gasteiger partial charge in [-0.15, -0.1) is 0 Å². The van der Waals surface area contributed by atoms with Crippen LogP contribution in [0.5, 0.6) is 0 Å². The number of esters is 4. The standard InChI is InChI=1S/C82H156O9/c1-5-9-13-17-21-25-29-33-37-41-45-49-53-57-61-65-69-77(83)88-73-75-81(90-79(85)71-67-63-59-55-51-47-43-39-35-31-27-23-19-15-11-7-3)82(91-80(86)72-68-64-60-56-52-48-44-40-36-32-28-24-20-16-12-8-4)76(74-87-75)89-78(84)70-66-62-58-54-50-46-42-38-34-30-26-22-18-14-10-6-2/h75-76,81-82H,5-74H2,1-4H3/t75-,76+,81-,82-/m1/s1. The fourth-order valence-electron chi connectivity index (χ4n) is 13.5. The van der Waals surface area contributed by atoms with Crippen LogP contribution in [0.3, 0.4) is 0 Å². The third kappa shape index (κ3) is 60.0. The molecule has 1 fully saturated rings. The second-order valence-electron chi connectivity index (χ2n) is 28.7. The van der Waals surface area contributed by atoms with E-state index in [1.165, 1.54) is 334 Å². The van der Waals surface area contributed by atoms with Crippen molar-refractivity contribution in [2.45, 2.75) is 489 Å². The summed E-state index contributed by atoms with van der Waals surface area (Å²) in [6.07, 6.45) is 77.4. The third-order valence-corrected chi connectivity index (χ3v) is 19.7. The van der Waals surface area contributed by atoms with Crippen LogP contribution in [-0.4, -0.2) is 61.5 Å². The summed E-state index contributed by atoms with van der Waals surface area (Å²) in [6.45, 7) is 8.94. The van der Waals surface area contributed by atoms with Crippen molar-refractivity contribution in [2.75, 3.05) is 13.2 Å². The Kier molecular flexibility index (Phi) is 67.4. The minimum atomic E-state index is -1.09. The summed E-state index contributed by atoms with van der Waals surface area (Å²) < 4.78 is 31.0. The Labute approximate surface area is 566 Å². The lowest BCUT2D eigenvalue weighted by atomic mass is 9.99. The van der Waals surface area contributed by atoms with Crippen molar-refractivity contribution in [3.05, 3.63) is 0 Å². The number of hydrogen-bond acceptors (Lipinski definition) is 9. The maximum Gasteiger partial charge on any atom is 0.306 e. The molecule has 0 amide bonds. The average Bonchev–Trinajstić information content (AvgIpc) is 1.06. The summed E-state index contributed by atoms with van der Waals surface area (Å²) in [5, 5.41) is 0. The normalized spacial score (nSPS) is 15.7. The highest BCUT2D eigenvalue weighted by molar-refractivity contribution is 5.72. The fourth-order valence-corrected chi connectivity index (χ4v) is 13.5. The number of hydrogen-bond donors (Lipinski definition) is 0. The highest BCUT2D eigenvalue weighted by atomic mass is 16.7. The summed E-state index contributed by atoms with van der Waals surface area (Å²) in [6, 6.07) is 0. The summed E-state index contributed by atoms with van der Waals surface area (Å²) in [5.74, 6) is -1.46. The molecule has 0 aliphatic carbocycles. The molecule has 0 N–H and O–H groups in total. The molecule has 4 atom stereocenters. The van der Waals surface area contributed by atoms with Crippen LogP contribution in [-0.2, 0) is 42.9 Å². The van der Waals surface area contributed by atoms with Crippen molar-refractivity contribution in [1.82, 2.24) is 0 Å². The van der Waals surface area contributed by atoms with Gasteiger partial charge in [-0.1, -0.05) is 413 Å². The number of ether oxygens (including phenoxy) is 5. The Morgan fingerprint density at radius 1 is 0.242 bits per heavy atom. The van der Waals surface area contributed by atoms with Gasteiger partial charge < -0.3 is 23.7 Å². The quantitative estimate of drug-likeness (QED) is 0.0334. The van der Waals surface area contributed by atoms with Gasteiger partial charge in [-0.05, 0) is 25.7 Å². The van der Waals surface area contributed by atoms with E-state index in [1.807, 2.05) is 0 Å². The molecule has 0 aromatic carbocycles. The molecular formula is C82H156O9. The Bertz CT molecular complexity index is 1530. The van der Waals surface area contributed by atoms with Crippen LogP contribution in [0.2, 0.25) is 0 Å². The van der Waals surface area contributed by atoms with E-state index in [0.29, 0.717) is 19.3 Å². The molecule has 1 aliphatic heterocycles. The van der Waals surface area contributed by atoms with Crippen LogP contribution in [0.1, 0.15) is 464 Å². The van der Waals surface area contributed by atoms with Crippen LogP contribution in [0.4, 0.5) is 0 Å². The molecule has 538 valence electrons. The maximum absolute atomic E-state index is 13.9. The van der Waals surface area contributed by atoms with Crippen molar-refractivity contribution in [3.8, 4) is 0 Å². The lowest BCUT2D eigenvalue weighted by Gasteiger charge is -2.40. The van der Waals surface area contributed by atoms with Crippen molar-refractivity contribution in [1.29, 1.82) is 0 Å². The van der Waals surface area contributed by atoms with Crippen molar-refractivity contribution in [3.63, 3.8) is 0 Å². The zero-order valence-electron chi connectivity index (χ0n) is 61.5. The highest BCUT2D eigenvalue weighted by Crippen LogP contribution is 2.28. The van der Waals surface area contributed by atoms with E-state index in [9.17, 15) is 19.2 Å². The fraction of sp³-hybridized carbons (Fsp3) is 0.951. The maximum atomic E-state index is 13.9. The Morgan fingerprint density at radius 3 is 0.659 bits per heavy atom. The summed E-state index contributed by atoms with van der Waals surface area (Å²) in [4.78, 5) is 54.6. The molecule has 0 radical (unpaired) electrons. The van der Waals surface area contributed by atoms with Crippen LogP contribution in [0.15, 0.2) is 0 Å². The van der Waals surface area contributed by atoms with Gasteiger partial charge in [-0.3, -0.25) is 19.2 Å². The van der Waals surface area contributed by atoms with E-state index >= 15 is 0 Å². The van der Waals surface area contributed by atoms with Crippen molar-refractivity contribution < 1.29 is 42.9 Å². The summed E-state index contributed by atoms with van der Waals surface area (Å²) >= 11 is 0. The molecule has 1 saturated heterocycles. The van der Waals surface area contributed by atoms with Crippen molar-refractivity contribution >= 4 is 23.9 Å². The van der Waals surface area contributed by atoms with Crippen LogP contribution < -0.4 is 0 Å². The molecule has 1 aliphatic rings. The molecule has 9 nitrogen and oxygen atoms in total. The van der Waals surface area contributed by atoms with Gasteiger partial charge in [0.25, 0.3) is 0 Å². The van der Waals surface area contributed by atoms with E-state index < -0.39 is 36.4 Å². The van der Waals surface area contributed by atoms with Gasteiger partial charge >= 0.3 is 23.9 Å². The molecule has 0 unspecified atom stereocenters. The van der Waals surface area contributed by atoms with Gasteiger partial charge in [0, 0.05) is 25.7 Å². The molecule has 0 saturated carbocycles. The number of carbonyl (C=O) groups is 4. The lowest BCUT2D eigenvalue weighted by molar-refractivity contribution is -0.233. The molecule has 1 heterocycles. The number of carbonyl (C=O) groups excluding carboxylic acids is 4. The predicted octanol–water partition coefficient (Wildman–Crippen LogP) is 26.3. The Morgan fingerprint density at radius 2 is 0.429 bits per heavy atom. The minimum absolute atomic E-state index is 0.0454. The van der Waals surface area contributed by atoms with Gasteiger partial charge in [0.2, 0.25) is 0 Å². The Hall–Kier alpha value is -2.16. The zero-order valence-corrected chi connectivity index (χ0v) is 61.5. The minimum Gasteiger partial charge on any atom is -0.463 e. The van der Waals surface area contributed by atoms with Crippen molar-refractivity contribution in [2.24, 2.45) is 0 Å². The second-order valence-corrected chi connectivity index (χ2v) is 28.7. The molecule has 0 aromatic rings. The number of rotatable bonds is 73. The number of unbranched alkanes of at least 4 members (excludes halogenated alkanes) is 60. The molecule has 1 rings (SSSR count). The van der Waals surface area contributed by atoms with Gasteiger partial charge in [0.1, 0.15) is 12.7 Å². The van der Waals surface area contributed by atoms with Gasteiger partial charge in [-0.2, -0.15) is 0 Å². The first-order valence-electron chi connectivity index (χ1n) is 41.2. The Balaban J connectivity index is 2.86. The van der Waals surface area contributed by atoms with E-state index in [-0.39, 0.29) is 44.4 Å². The average molecular weight is 1290 g/mol. The monoisotopic (exact) mass is 1290 g/mol. The van der Waals surface area contributed by atoms with E-state index in [4.69, 9.17) is 23.7 Å². The third-order valence-electron chi connectivity index (χ3n) is 19.7. The van der Waals surface area contributed by atoms with Crippen LogP contribution in [0, 0.1) is 0 Å². The highest BCUT2D eigenvalue weighted by Gasteiger charge is 2.48. The van der Waals surface area contributed by atoms with Gasteiger partial charge in [0.05, 0.1) is 6.61 Å². The smallest absolute Gasteiger partial charge is 0.306 e. The van der Waals surface area contributed by atoms with Crippen LogP contribution in [0.25, 0.3) is 0 Å². The summed E-state index contributed by atoms with van der Waals surface area (Å²) in [7, 11) is 0. The molecule has 9 heteroatoms.